The number of hydrogen-bond acceptors (Lipinski definition) is 2. The SMILES string of the molecule is c1ccc(-n2c3ccc(-c4ccc5c(c4)c4cc6c(cc4n5-c4ccccc4)sc4ccccc46)cc3c3cc4c(cc32)oc2ccccc24)cc1. The summed E-state index contributed by atoms with van der Waals surface area (Å²) in [6.45, 7) is 0. The zero-order valence-electron chi connectivity index (χ0n) is 27.9. The summed E-state index contributed by atoms with van der Waals surface area (Å²) in [6, 6.07) is 61.8. The van der Waals surface area contributed by atoms with E-state index >= 15 is 0 Å². The van der Waals surface area contributed by atoms with Crippen LogP contribution in [-0.2, 0) is 0 Å². The van der Waals surface area contributed by atoms with E-state index in [4.69, 9.17) is 4.42 Å². The Morgan fingerprint density at radius 2 is 0.865 bits per heavy atom. The van der Waals surface area contributed by atoms with Gasteiger partial charge in [0.15, 0.2) is 0 Å². The number of furan rings is 1. The zero-order chi connectivity index (χ0) is 33.9. The summed E-state index contributed by atoms with van der Waals surface area (Å²) < 4.78 is 13.8. The van der Waals surface area contributed by atoms with E-state index in [9.17, 15) is 0 Å². The van der Waals surface area contributed by atoms with E-state index < -0.39 is 0 Å². The van der Waals surface area contributed by atoms with Gasteiger partial charge in [-0.15, -0.1) is 11.3 Å². The van der Waals surface area contributed by atoms with Gasteiger partial charge in [-0.3, -0.25) is 0 Å². The van der Waals surface area contributed by atoms with Crippen LogP contribution in [0, 0.1) is 0 Å². The van der Waals surface area contributed by atoms with Gasteiger partial charge in [0.1, 0.15) is 11.2 Å². The molecule has 0 atom stereocenters. The molecule has 242 valence electrons. The predicted octanol–water partition coefficient (Wildman–Crippen LogP) is 13.8. The summed E-state index contributed by atoms with van der Waals surface area (Å²) in [6.07, 6.45) is 0. The smallest absolute Gasteiger partial charge is 0.137 e. The Balaban J connectivity index is 1.13. The highest BCUT2D eigenvalue weighted by Gasteiger charge is 2.19. The number of benzene rings is 8. The average molecular weight is 681 g/mol. The van der Waals surface area contributed by atoms with Gasteiger partial charge < -0.3 is 13.6 Å². The van der Waals surface area contributed by atoms with Crippen molar-refractivity contribution in [1.29, 1.82) is 0 Å². The van der Waals surface area contributed by atoms with Gasteiger partial charge in [-0.25, -0.2) is 0 Å². The Morgan fingerprint density at radius 1 is 0.327 bits per heavy atom. The standard InChI is InChI=1S/C48H28N2OS/c1-3-11-31(12-4-1)49-41-21-19-29(23-35(41)37-25-39-33-15-7-9-17-45(33)51-46(39)27-43(37)49)30-20-22-42-36(24-30)38-26-40-34-16-8-10-18-47(34)52-48(40)28-44(38)50(42)32-13-5-2-6-14-32/h1-28H. The predicted molar refractivity (Wildman–Crippen MR) is 221 cm³/mol. The lowest BCUT2D eigenvalue weighted by Crippen LogP contribution is -1.93. The molecule has 4 heterocycles. The molecular weight excluding hydrogens is 653 g/mol. The van der Waals surface area contributed by atoms with Crippen LogP contribution in [0.1, 0.15) is 0 Å². The summed E-state index contributed by atoms with van der Waals surface area (Å²) >= 11 is 1.87. The first-order chi connectivity index (χ1) is 25.8. The van der Waals surface area contributed by atoms with Crippen LogP contribution in [0.5, 0.6) is 0 Å². The third-order valence-electron chi connectivity index (χ3n) is 10.9. The fraction of sp³-hybridized carbons (Fsp3) is 0. The molecule has 8 aromatic carbocycles. The minimum Gasteiger partial charge on any atom is -0.456 e. The summed E-state index contributed by atoms with van der Waals surface area (Å²) in [4.78, 5) is 0. The summed E-state index contributed by atoms with van der Waals surface area (Å²) in [5.74, 6) is 0. The van der Waals surface area contributed by atoms with E-state index in [0.717, 1.165) is 33.1 Å². The Bertz CT molecular complexity index is 3170. The molecule has 0 aliphatic rings. The van der Waals surface area contributed by atoms with Gasteiger partial charge in [0.25, 0.3) is 0 Å². The molecule has 0 aliphatic heterocycles. The minimum absolute atomic E-state index is 0.904. The van der Waals surface area contributed by atoms with Crippen LogP contribution in [0.3, 0.4) is 0 Å². The van der Waals surface area contributed by atoms with E-state index in [-0.39, 0.29) is 0 Å². The van der Waals surface area contributed by atoms with Gasteiger partial charge in [-0.1, -0.05) is 84.9 Å². The van der Waals surface area contributed by atoms with Crippen molar-refractivity contribution in [3.8, 4) is 22.5 Å². The van der Waals surface area contributed by atoms with Crippen molar-refractivity contribution in [2.75, 3.05) is 0 Å². The van der Waals surface area contributed by atoms with Crippen molar-refractivity contribution >= 4 is 97.1 Å². The molecule has 12 aromatic rings. The van der Waals surface area contributed by atoms with Crippen LogP contribution in [0.25, 0.3) is 108 Å². The fourth-order valence-corrected chi connectivity index (χ4v) is 9.67. The van der Waals surface area contributed by atoms with E-state index in [2.05, 4.69) is 173 Å². The van der Waals surface area contributed by atoms with Crippen molar-refractivity contribution < 1.29 is 4.42 Å². The van der Waals surface area contributed by atoms with Crippen LogP contribution in [-0.4, -0.2) is 9.13 Å². The van der Waals surface area contributed by atoms with Crippen LogP contribution in [0.15, 0.2) is 174 Å². The second-order valence-electron chi connectivity index (χ2n) is 13.7. The van der Waals surface area contributed by atoms with Gasteiger partial charge in [0.2, 0.25) is 0 Å². The van der Waals surface area contributed by atoms with E-state index in [1.807, 2.05) is 17.4 Å². The topological polar surface area (TPSA) is 23.0 Å². The Labute approximate surface area is 301 Å². The molecule has 0 spiro atoms. The molecule has 0 aliphatic carbocycles. The molecule has 52 heavy (non-hydrogen) atoms. The van der Waals surface area contributed by atoms with Crippen molar-refractivity contribution in [1.82, 2.24) is 9.13 Å². The lowest BCUT2D eigenvalue weighted by Gasteiger charge is -2.09. The normalized spacial score (nSPS) is 12.2. The summed E-state index contributed by atoms with van der Waals surface area (Å²) in [5.41, 5.74) is 11.3. The van der Waals surface area contributed by atoms with Crippen molar-refractivity contribution in [2.45, 2.75) is 0 Å². The number of nitrogens with zero attached hydrogens (tertiary/aromatic N) is 2. The molecular formula is C48H28N2OS. The van der Waals surface area contributed by atoms with Gasteiger partial charge in [-0.05, 0) is 90.0 Å². The molecule has 0 radical (unpaired) electrons. The molecule has 0 fully saturated rings. The Morgan fingerprint density at radius 3 is 1.54 bits per heavy atom. The van der Waals surface area contributed by atoms with Crippen LogP contribution in [0.4, 0.5) is 0 Å². The molecule has 0 saturated heterocycles. The fourth-order valence-electron chi connectivity index (χ4n) is 8.55. The molecule has 3 nitrogen and oxygen atoms in total. The van der Waals surface area contributed by atoms with Crippen LogP contribution >= 0.6 is 11.3 Å². The average Bonchev–Trinajstić information content (AvgIpc) is 3.93. The molecule has 0 N–H and O–H groups in total. The molecule has 0 saturated carbocycles. The lowest BCUT2D eigenvalue weighted by molar-refractivity contribution is 0.669. The second kappa shape index (κ2) is 10.5. The van der Waals surface area contributed by atoms with Crippen LogP contribution < -0.4 is 0 Å². The first kappa shape index (κ1) is 28.1. The lowest BCUT2D eigenvalue weighted by atomic mass is 10.00. The quantitative estimate of drug-likeness (QED) is 0.182. The summed E-state index contributed by atoms with van der Waals surface area (Å²) in [5, 5.41) is 9.89. The number of thiophene rings is 1. The van der Waals surface area contributed by atoms with E-state index in [0.29, 0.717) is 0 Å². The number of aromatic nitrogens is 2. The maximum atomic E-state index is 6.38. The Kier molecular flexibility index (Phi) is 5.65. The largest absolute Gasteiger partial charge is 0.456 e. The third kappa shape index (κ3) is 3.90. The molecule has 0 bridgehead atoms. The number of fused-ring (bicyclic) bond motifs is 12. The van der Waals surface area contributed by atoms with Crippen LogP contribution in [0.2, 0.25) is 0 Å². The molecule has 12 rings (SSSR count). The van der Waals surface area contributed by atoms with Gasteiger partial charge in [0.05, 0.1) is 22.1 Å². The third-order valence-corrected chi connectivity index (χ3v) is 12.0. The first-order valence-electron chi connectivity index (χ1n) is 17.7. The number of hydrogen-bond donors (Lipinski definition) is 0. The highest BCUT2D eigenvalue weighted by molar-refractivity contribution is 7.25. The number of rotatable bonds is 3. The zero-order valence-corrected chi connectivity index (χ0v) is 28.7. The van der Waals surface area contributed by atoms with Crippen molar-refractivity contribution in [3.63, 3.8) is 0 Å². The molecule has 0 amide bonds. The summed E-state index contributed by atoms with van der Waals surface area (Å²) in [7, 11) is 0. The van der Waals surface area contributed by atoms with Gasteiger partial charge in [-0.2, -0.15) is 0 Å². The first-order valence-corrected chi connectivity index (χ1v) is 18.5. The molecule has 4 heteroatoms. The second-order valence-corrected chi connectivity index (χ2v) is 14.8. The van der Waals surface area contributed by atoms with E-state index in [1.54, 1.807) is 0 Å². The van der Waals surface area contributed by atoms with E-state index in [1.165, 1.54) is 75.1 Å². The van der Waals surface area contributed by atoms with Crippen molar-refractivity contribution in [3.05, 3.63) is 170 Å². The maximum absolute atomic E-state index is 6.38. The molecule has 4 aromatic heterocycles. The molecule has 0 unspecified atom stereocenters. The highest BCUT2D eigenvalue weighted by atomic mass is 32.1. The monoisotopic (exact) mass is 680 g/mol. The van der Waals surface area contributed by atoms with Gasteiger partial charge in [0, 0.05) is 69.9 Å². The highest BCUT2D eigenvalue weighted by Crippen LogP contribution is 2.43. The minimum atomic E-state index is 0.904. The Hall–Kier alpha value is -6.62. The van der Waals surface area contributed by atoms with Gasteiger partial charge >= 0.3 is 0 Å². The van der Waals surface area contributed by atoms with Crippen molar-refractivity contribution in [2.24, 2.45) is 0 Å². The maximum Gasteiger partial charge on any atom is 0.137 e. The number of para-hydroxylation sites is 3.